The highest BCUT2D eigenvalue weighted by atomic mass is 79.9. The Kier molecular flexibility index (Phi) is 5.13. The van der Waals surface area contributed by atoms with Gasteiger partial charge in [-0.15, -0.1) is 0 Å². The molecule has 0 unspecified atom stereocenters. The molecule has 0 spiro atoms. The predicted octanol–water partition coefficient (Wildman–Crippen LogP) is 1.60. The van der Waals surface area contributed by atoms with Crippen LogP contribution in [0.5, 0.6) is 0 Å². The maximum atomic E-state index is 7.93. The first kappa shape index (κ1) is 14.5. The van der Waals surface area contributed by atoms with Crippen molar-refractivity contribution in [1.82, 2.24) is 15.6 Å². The molecule has 20 heavy (non-hydrogen) atoms. The Hall–Kier alpha value is -1.87. The van der Waals surface area contributed by atoms with Gasteiger partial charge in [-0.25, -0.2) is 4.63 Å². The average molecular weight is 344 g/mol. The van der Waals surface area contributed by atoms with Gasteiger partial charge >= 0.3 is 0 Å². The Balaban J connectivity index is 1.90. The molecule has 2 aromatic rings. The molecule has 0 radical (unpaired) electrons. The van der Waals surface area contributed by atoms with Crippen molar-refractivity contribution < 1.29 is 13.8 Å². The van der Waals surface area contributed by atoms with Gasteiger partial charge in [-0.1, -0.05) is 0 Å². The minimum absolute atomic E-state index is 0.0960. The van der Waals surface area contributed by atoms with Crippen molar-refractivity contribution in [1.29, 1.82) is 5.41 Å². The summed E-state index contributed by atoms with van der Waals surface area (Å²) in [5.41, 5.74) is 0.312. The summed E-state index contributed by atoms with van der Waals surface area (Å²) in [5.74, 6) is 1.20. The molecule has 0 fully saturated rings. The van der Waals surface area contributed by atoms with Crippen molar-refractivity contribution in [2.75, 3.05) is 25.6 Å². The van der Waals surface area contributed by atoms with Gasteiger partial charge in [-0.3, -0.25) is 5.41 Å². The van der Waals surface area contributed by atoms with E-state index in [1.807, 2.05) is 6.07 Å². The summed E-state index contributed by atoms with van der Waals surface area (Å²) >= 11 is 3.29. The lowest BCUT2D eigenvalue weighted by Gasteiger charge is -2.05. The molecule has 2 rings (SSSR count). The SMILES string of the molecule is COCCNc1nonc1C(=N)NCc1cc(Br)co1. The van der Waals surface area contributed by atoms with Crippen LogP contribution in [0.1, 0.15) is 11.5 Å². The largest absolute Gasteiger partial charge is 0.466 e. The van der Waals surface area contributed by atoms with Gasteiger partial charge in [0.25, 0.3) is 0 Å². The number of nitrogens with one attached hydrogen (secondary N) is 3. The Labute approximate surface area is 123 Å². The van der Waals surface area contributed by atoms with Gasteiger partial charge < -0.3 is 19.8 Å². The third-order valence-electron chi connectivity index (χ3n) is 2.39. The van der Waals surface area contributed by atoms with E-state index >= 15 is 0 Å². The van der Waals surface area contributed by atoms with E-state index in [0.29, 0.717) is 37.0 Å². The van der Waals surface area contributed by atoms with Crippen molar-refractivity contribution in [3.8, 4) is 0 Å². The lowest BCUT2D eigenvalue weighted by Crippen LogP contribution is -2.24. The Bertz CT molecular complexity index is 568. The standard InChI is InChI=1S/C11H14BrN5O3/c1-18-3-2-14-11-9(16-20-17-11)10(13)15-5-8-4-7(12)6-19-8/h4,6H,2-3,5H2,1H3,(H2,13,15)(H,14,17). The first-order valence-corrected chi connectivity index (χ1v) is 6.61. The highest BCUT2D eigenvalue weighted by Crippen LogP contribution is 2.14. The molecule has 108 valence electrons. The number of methoxy groups -OCH3 is 1. The van der Waals surface area contributed by atoms with Crippen LogP contribution in [-0.4, -0.2) is 36.4 Å². The van der Waals surface area contributed by atoms with Crippen LogP contribution in [0.3, 0.4) is 0 Å². The quantitative estimate of drug-likeness (QED) is 0.398. The smallest absolute Gasteiger partial charge is 0.202 e. The van der Waals surface area contributed by atoms with Gasteiger partial charge in [0, 0.05) is 13.7 Å². The molecular weight excluding hydrogens is 330 g/mol. The number of ether oxygens (including phenoxy) is 1. The van der Waals surface area contributed by atoms with E-state index in [0.717, 1.165) is 4.47 Å². The molecule has 0 saturated heterocycles. The Morgan fingerprint density at radius 3 is 3.05 bits per heavy atom. The number of amidine groups is 1. The van der Waals surface area contributed by atoms with Gasteiger partial charge in [0.05, 0.1) is 17.6 Å². The van der Waals surface area contributed by atoms with Crippen LogP contribution in [0, 0.1) is 5.41 Å². The number of furan rings is 1. The van der Waals surface area contributed by atoms with Crippen LogP contribution >= 0.6 is 15.9 Å². The van der Waals surface area contributed by atoms with E-state index in [1.54, 1.807) is 13.4 Å². The molecule has 2 heterocycles. The zero-order chi connectivity index (χ0) is 14.4. The summed E-state index contributed by atoms with van der Waals surface area (Å²) in [4.78, 5) is 0. The molecule has 0 aromatic carbocycles. The van der Waals surface area contributed by atoms with Crippen LogP contribution in [0.15, 0.2) is 25.8 Å². The molecule has 9 heteroatoms. The molecule has 0 aliphatic rings. The maximum Gasteiger partial charge on any atom is 0.202 e. The van der Waals surface area contributed by atoms with Crippen molar-refractivity contribution in [2.45, 2.75) is 6.54 Å². The third-order valence-corrected chi connectivity index (χ3v) is 2.80. The Morgan fingerprint density at radius 1 is 1.50 bits per heavy atom. The minimum atomic E-state index is 0.0960. The summed E-state index contributed by atoms with van der Waals surface area (Å²) in [6, 6.07) is 1.82. The molecule has 0 aliphatic carbocycles. The van der Waals surface area contributed by atoms with Crippen LogP contribution < -0.4 is 10.6 Å². The zero-order valence-corrected chi connectivity index (χ0v) is 12.4. The van der Waals surface area contributed by atoms with E-state index in [1.165, 1.54) is 0 Å². The number of nitrogens with zero attached hydrogens (tertiary/aromatic N) is 2. The number of hydrogen-bond acceptors (Lipinski definition) is 7. The molecule has 3 N–H and O–H groups in total. The van der Waals surface area contributed by atoms with E-state index in [-0.39, 0.29) is 5.84 Å². The fourth-order valence-corrected chi connectivity index (χ4v) is 1.79. The van der Waals surface area contributed by atoms with Crippen LogP contribution in [-0.2, 0) is 11.3 Å². The second kappa shape index (κ2) is 7.06. The Morgan fingerprint density at radius 2 is 2.35 bits per heavy atom. The van der Waals surface area contributed by atoms with Crippen molar-refractivity contribution in [3.05, 3.63) is 28.3 Å². The highest BCUT2D eigenvalue weighted by Gasteiger charge is 2.15. The van der Waals surface area contributed by atoms with Gasteiger partial charge in [-0.2, -0.15) is 0 Å². The second-order valence-corrected chi connectivity index (χ2v) is 4.76. The molecular formula is C11H14BrN5O3. The molecule has 8 nitrogen and oxygen atoms in total. The summed E-state index contributed by atoms with van der Waals surface area (Å²) in [6.07, 6.45) is 1.58. The first-order chi connectivity index (χ1) is 9.70. The monoisotopic (exact) mass is 343 g/mol. The second-order valence-electron chi connectivity index (χ2n) is 3.84. The zero-order valence-electron chi connectivity index (χ0n) is 10.8. The van der Waals surface area contributed by atoms with E-state index in [2.05, 4.69) is 41.5 Å². The molecule has 0 amide bonds. The third kappa shape index (κ3) is 3.81. The molecule has 0 saturated carbocycles. The normalized spacial score (nSPS) is 10.5. The molecule has 0 bridgehead atoms. The average Bonchev–Trinajstić information content (AvgIpc) is 3.05. The fourth-order valence-electron chi connectivity index (χ4n) is 1.45. The lowest BCUT2D eigenvalue weighted by atomic mass is 10.3. The summed E-state index contributed by atoms with van der Waals surface area (Å²) in [6.45, 7) is 1.44. The highest BCUT2D eigenvalue weighted by molar-refractivity contribution is 9.10. The summed E-state index contributed by atoms with van der Waals surface area (Å²) in [5, 5.41) is 21.2. The predicted molar refractivity (Wildman–Crippen MR) is 74.7 cm³/mol. The lowest BCUT2D eigenvalue weighted by molar-refractivity contribution is 0.210. The fraction of sp³-hybridized carbons (Fsp3) is 0.364. The van der Waals surface area contributed by atoms with Gasteiger partial charge in [0.1, 0.15) is 12.0 Å². The van der Waals surface area contributed by atoms with E-state index in [9.17, 15) is 0 Å². The molecule has 2 aromatic heterocycles. The van der Waals surface area contributed by atoms with E-state index < -0.39 is 0 Å². The minimum Gasteiger partial charge on any atom is -0.466 e. The molecule has 0 aliphatic heterocycles. The van der Waals surface area contributed by atoms with Gasteiger partial charge in [0.15, 0.2) is 11.5 Å². The van der Waals surface area contributed by atoms with Crippen LogP contribution in [0.4, 0.5) is 5.82 Å². The van der Waals surface area contributed by atoms with Crippen molar-refractivity contribution in [3.63, 3.8) is 0 Å². The van der Waals surface area contributed by atoms with Gasteiger partial charge in [0.2, 0.25) is 5.82 Å². The molecule has 0 atom stereocenters. The summed E-state index contributed by atoms with van der Waals surface area (Å²) < 4.78 is 15.7. The topological polar surface area (TPSA) is 109 Å². The summed E-state index contributed by atoms with van der Waals surface area (Å²) in [7, 11) is 1.61. The number of anilines is 1. The first-order valence-electron chi connectivity index (χ1n) is 5.81. The van der Waals surface area contributed by atoms with Crippen molar-refractivity contribution in [2.24, 2.45) is 0 Å². The maximum absolute atomic E-state index is 7.93. The number of rotatable bonds is 7. The number of halogens is 1. The number of hydrogen-bond donors (Lipinski definition) is 3. The van der Waals surface area contributed by atoms with E-state index in [4.69, 9.17) is 14.6 Å². The number of aromatic nitrogens is 2. The van der Waals surface area contributed by atoms with Crippen LogP contribution in [0.2, 0.25) is 0 Å². The van der Waals surface area contributed by atoms with Crippen molar-refractivity contribution >= 4 is 27.6 Å². The van der Waals surface area contributed by atoms with Crippen LogP contribution in [0.25, 0.3) is 0 Å². The van der Waals surface area contributed by atoms with Gasteiger partial charge in [-0.05, 0) is 32.3 Å².